The molecule has 51 heavy (non-hydrogen) atoms. The van der Waals surface area contributed by atoms with Crippen LogP contribution in [0.1, 0.15) is 142 Å². The average Bonchev–Trinajstić information content (AvgIpc) is 3.13. The first kappa shape index (κ1) is 47.1. The summed E-state index contributed by atoms with van der Waals surface area (Å²) in [5, 5.41) is 64.3. The van der Waals surface area contributed by atoms with Crippen LogP contribution in [0.2, 0.25) is 0 Å². The third kappa shape index (κ3) is 22.7. The SMILES string of the molecule is CCCCC/C=C\CCCCCCC(O)C(=O)NC(COC1OC(CO)C(O)C(O)C1O)C(O)/C=C/CC/C=C/CC/C=C/CCCCCCC. The smallest absolute Gasteiger partial charge is 0.249 e. The lowest BCUT2D eigenvalue weighted by molar-refractivity contribution is -0.302. The first-order valence-electron chi connectivity index (χ1n) is 20.0. The Hall–Kier alpha value is -1.89. The molecule has 8 atom stereocenters. The second-order valence-electron chi connectivity index (χ2n) is 13.8. The highest BCUT2D eigenvalue weighted by Gasteiger charge is 2.44. The van der Waals surface area contributed by atoms with Gasteiger partial charge in [-0.15, -0.1) is 0 Å². The molecule has 0 aromatic heterocycles. The molecule has 1 saturated heterocycles. The maximum absolute atomic E-state index is 12.9. The van der Waals surface area contributed by atoms with E-state index < -0.39 is 61.5 Å². The minimum absolute atomic E-state index is 0.284. The first-order valence-corrected chi connectivity index (χ1v) is 20.0. The van der Waals surface area contributed by atoms with Gasteiger partial charge in [0.1, 0.15) is 30.5 Å². The Labute approximate surface area is 308 Å². The number of carbonyl (C=O) groups excluding carboxylic acids is 1. The molecule has 0 radical (unpaired) electrons. The van der Waals surface area contributed by atoms with Crippen LogP contribution in [0.5, 0.6) is 0 Å². The Balaban J connectivity index is 2.57. The molecule has 1 amide bonds. The largest absolute Gasteiger partial charge is 0.394 e. The second-order valence-corrected chi connectivity index (χ2v) is 13.8. The predicted molar refractivity (Wildman–Crippen MR) is 204 cm³/mol. The number of ether oxygens (including phenoxy) is 2. The van der Waals surface area contributed by atoms with Gasteiger partial charge in [-0.2, -0.15) is 0 Å². The molecule has 8 unspecified atom stereocenters. The quantitative estimate of drug-likeness (QED) is 0.0331. The molecule has 0 aromatic rings. The summed E-state index contributed by atoms with van der Waals surface area (Å²) in [5.74, 6) is -0.645. The van der Waals surface area contributed by atoms with E-state index in [4.69, 9.17) is 9.47 Å². The molecule has 0 aromatic carbocycles. The van der Waals surface area contributed by atoms with Gasteiger partial charge in [-0.3, -0.25) is 4.79 Å². The summed E-state index contributed by atoms with van der Waals surface area (Å²) in [6.45, 7) is 3.49. The summed E-state index contributed by atoms with van der Waals surface area (Å²) in [7, 11) is 0. The van der Waals surface area contributed by atoms with Gasteiger partial charge in [0.25, 0.3) is 0 Å². The number of hydrogen-bond acceptors (Lipinski definition) is 9. The Kier molecular flexibility index (Phi) is 29.2. The Morgan fingerprint density at radius 1 is 0.667 bits per heavy atom. The van der Waals surface area contributed by atoms with Crippen molar-refractivity contribution in [2.45, 2.75) is 191 Å². The van der Waals surface area contributed by atoms with Crippen LogP contribution >= 0.6 is 0 Å². The summed E-state index contributed by atoms with van der Waals surface area (Å²) < 4.78 is 11.1. The molecule has 1 heterocycles. The highest BCUT2D eigenvalue weighted by Crippen LogP contribution is 2.22. The van der Waals surface area contributed by atoms with Gasteiger partial charge in [0.2, 0.25) is 5.91 Å². The molecular weight excluding hydrogens is 650 g/mol. The zero-order valence-corrected chi connectivity index (χ0v) is 31.7. The van der Waals surface area contributed by atoms with Gasteiger partial charge in [0.15, 0.2) is 6.29 Å². The number of rotatable bonds is 31. The number of amides is 1. The van der Waals surface area contributed by atoms with E-state index in [9.17, 15) is 35.4 Å². The van der Waals surface area contributed by atoms with E-state index >= 15 is 0 Å². The highest BCUT2D eigenvalue weighted by atomic mass is 16.7. The van der Waals surface area contributed by atoms with Crippen molar-refractivity contribution in [2.24, 2.45) is 0 Å². The van der Waals surface area contributed by atoms with Gasteiger partial charge in [-0.05, 0) is 70.6 Å². The molecule has 296 valence electrons. The molecule has 0 bridgehead atoms. The summed E-state index contributed by atoms with van der Waals surface area (Å²) in [5.41, 5.74) is 0. The predicted octanol–water partition coefficient (Wildman–Crippen LogP) is 6.08. The van der Waals surface area contributed by atoms with E-state index in [1.165, 1.54) is 51.4 Å². The van der Waals surface area contributed by atoms with Crippen molar-refractivity contribution in [1.82, 2.24) is 5.32 Å². The van der Waals surface area contributed by atoms with Crippen molar-refractivity contribution >= 4 is 5.91 Å². The monoisotopic (exact) mass is 724 g/mol. The molecular formula is C41H73NO9. The van der Waals surface area contributed by atoms with Gasteiger partial charge < -0.3 is 45.4 Å². The van der Waals surface area contributed by atoms with Crippen molar-refractivity contribution in [3.8, 4) is 0 Å². The average molecular weight is 724 g/mol. The number of unbranched alkanes of at least 4 members (excludes halogenated alkanes) is 14. The van der Waals surface area contributed by atoms with E-state index in [2.05, 4.69) is 55.6 Å². The summed E-state index contributed by atoms with van der Waals surface area (Å²) in [4.78, 5) is 12.9. The normalized spacial score (nSPS) is 23.2. The lowest BCUT2D eigenvalue weighted by atomic mass is 9.99. The summed E-state index contributed by atoms with van der Waals surface area (Å²) in [6, 6.07) is -1.01. The fourth-order valence-electron chi connectivity index (χ4n) is 5.83. The molecule has 10 nitrogen and oxygen atoms in total. The molecule has 7 N–H and O–H groups in total. The molecule has 0 saturated carbocycles. The standard InChI is InChI=1S/C41H73NO9/c1-3-5-7-9-11-13-15-16-17-18-20-21-23-25-27-29-34(44)33(32-50-41-39(48)38(47)37(46)36(31-43)51-41)42-40(49)35(45)30-28-26-24-22-19-14-12-10-8-6-4-2/h12,14-16,20-21,27,29,33-39,41,43-48H,3-11,13,17-19,22-26,28,30-32H2,1-2H3,(H,42,49)/b14-12-,16-15+,21-20+,29-27+. The van der Waals surface area contributed by atoms with Gasteiger partial charge >= 0.3 is 0 Å². The maximum Gasteiger partial charge on any atom is 0.249 e. The maximum atomic E-state index is 12.9. The van der Waals surface area contributed by atoms with Crippen LogP contribution in [0.15, 0.2) is 48.6 Å². The van der Waals surface area contributed by atoms with E-state index in [-0.39, 0.29) is 13.0 Å². The minimum Gasteiger partial charge on any atom is -0.394 e. The van der Waals surface area contributed by atoms with Crippen molar-refractivity contribution in [3.63, 3.8) is 0 Å². The van der Waals surface area contributed by atoms with Crippen LogP contribution in [-0.4, -0.2) is 98.7 Å². The zero-order chi connectivity index (χ0) is 37.5. The first-order chi connectivity index (χ1) is 24.8. The molecule has 1 rings (SSSR count). The third-order valence-electron chi connectivity index (χ3n) is 9.21. The van der Waals surface area contributed by atoms with Crippen molar-refractivity contribution in [3.05, 3.63) is 48.6 Å². The topological polar surface area (TPSA) is 169 Å². The number of aliphatic hydroxyl groups is 6. The highest BCUT2D eigenvalue weighted by molar-refractivity contribution is 5.80. The fraction of sp³-hybridized carbons (Fsp3) is 0.780. The third-order valence-corrected chi connectivity index (χ3v) is 9.21. The molecule has 10 heteroatoms. The van der Waals surface area contributed by atoms with Crippen LogP contribution in [0.3, 0.4) is 0 Å². The number of allylic oxidation sites excluding steroid dienone is 7. The van der Waals surface area contributed by atoms with Crippen molar-refractivity contribution < 1.29 is 44.9 Å². The summed E-state index contributed by atoms with van der Waals surface area (Å²) >= 11 is 0. The van der Waals surface area contributed by atoms with Crippen LogP contribution in [-0.2, 0) is 14.3 Å². The van der Waals surface area contributed by atoms with E-state index in [0.29, 0.717) is 12.8 Å². The second kappa shape index (κ2) is 31.6. The number of nitrogens with one attached hydrogen (secondary N) is 1. The zero-order valence-electron chi connectivity index (χ0n) is 31.7. The van der Waals surface area contributed by atoms with Crippen molar-refractivity contribution in [2.75, 3.05) is 13.2 Å². The minimum atomic E-state index is -1.62. The van der Waals surface area contributed by atoms with Crippen LogP contribution < -0.4 is 5.32 Å². The van der Waals surface area contributed by atoms with E-state index in [1.807, 2.05) is 6.08 Å². The molecule has 1 aliphatic rings. The van der Waals surface area contributed by atoms with Crippen molar-refractivity contribution in [1.29, 1.82) is 0 Å². The van der Waals surface area contributed by atoms with Crippen LogP contribution in [0.4, 0.5) is 0 Å². The van der Waals surface area contributed by atoms with E-state index in [1.54, 1.807) is 6.08 Å². The van der Waals surface area contributed by atoms with Gasteiger partial charge in [0, 0.05) is 0 Å². The number of carbonyl (C=O) groups is 1. The molecule has 0 aliphatic carbocycles. The molecule has 1 aliphatic heterocycles. The lowest BCUT2D eigenvalue weighted by Crippen LogP contribution is -2.60. The Bertz CT molecular complexity index is 953. The molecule has 1 fully saturated rings. The van der Waals surface area contributed by atoms with Gasteiger partial charge in [-0.25, -0.2) is 0 Å². The van der Waals surface area contributed by atoms with Crippen LogP contribution in [0.25, 0.3) is 0 Å². The number of aliphatic hydroxyl groups excluding tert-OH is 6. The molecule has 0 spiro atoms. The lowest BCUT2D eigenvalue weighted by Gasteiger charge is -2.40. The van der Waals surface area contributed by atoms with Gasteiger partial charge in [-0.1, -0.05) is 120 Å². The summed E-state index contributed by atoms with van der Waals surface area (Å²) in [6.07, 6.45) is 27.7. The Morgan fingerprint density at radius 3 is 1.73 bits per heavy atom. The fourth-order valence-corrected chi connectivity index (χ4v) is 5.83. The number of hydrogen-bond donors (Lipinski definition) is 7. The van der Waals surface area contributed by atoms with Crippen LogP contribution in [0, 0.1) is 0 Å². The Morgan fingerprint density at radius 2 is 1.16 bits per heavy atom. The van der Waals surface area contributed by atoms with E-state index in [0.717, 1.165) is 57.8 Å². The van der Waals surface area contributed by atoms with Gasteiger partial charge in [0.05, 0.1) is 25.4 Å².